The van der Waals surface area contributed by atoms with E-state index in [0.717, 1.165) is 8.61 Å². The Hall–Kier alpha value is -0.260. The maximum absolute atomic E-state index is 12.0. The Morgan fingerprint density at radius 3 is 1.19 bits per heavy atom. The van der Waals surface area contributed by atoms with Crippen molar-refractivity contribution in [1.29, 1.82) is 0 Å². The molecule has 0 saturated heterocycles. The van der Waals surface area contributed by atoms with Crippen molar-refractivity contribution < 1.29 is 16.8 Å². The highest BCUT2D eigenvalue weighted by atomic mass is 32.2. The van der Waals surface area contributed by atoms with Crippen LogP contribution >= 0.6 is 0 Å². The van der Waals surface area contributed by atoms with Gasteiger partial charge in [-0.25, -0.2) is 0 Å². The predicted molar refractivity (Wildman–Crippen MR) is 84.3 cm³/mol. The third kappa shape index (κ3) is 5.46. The van der Waals surface area contributed by atoms with Gasteiger partial charge in [0.2, 0.25) is 0 Å². The summed E-state index contributed by atoms with van der Waals surface area (Å²) in [6.45, 7) is 2.45. The highest BCUT2D eigenvalue weighted by Crippen LogP contribution is 2.13. The summed E-state index contributed by atoms with van der Waals surface area (Å²) < 4.78 is 52.7. The van der Waals surface area contributed by atoms with Crippen molar-refractivity contribution in [3.05, 3.63) is 0 Å². The first-order valence-corrected chi connectivity index (χ1v) is 9.44. The largest absolute Gasteiger partial charge is 0.281 e. The second kappa shape index (κ2) is 7.84. The Kier molecular flexibility index (Phi) is 7.74. The van der Waals surface area contributed by atoms with Gasteiger partial charge >= 0.3 is 0 Å². The zero-order chi connectivity index (χ0) is 17.0. The van der Waals surface area contributed by atoms with Crippen LogP contribution in [0, 0.1) is 5.92 Å². The van der Waals surface area contributed by atoms with Crippen molar-refractivity contribution in [3.8, 4) is 0 Å². The van der Waals surface area contributed by atoms with E-state index in [1.54, 1.807) is 0 Å². The lowest BCUT2D eigenvalue weighted by Crippen LogP contribution is -2.44. The molecule has 10 heteroatoms. The van der Waals surface area contributed by atoms with E-state index in [4.69, 9.17) is 0 Å². The molecule has 0 saturated carbocycles. The van der Waals surface area contributed by atoms with Crippen LogP contribution in [0.3, 0.4) is 0 Å². The predicted octanol–water partition coefficient (Wildman–Crippen LogP) is -0.511. The van der Waals surface area contributed by atoms with Gasteiger partial charge in [0, 0.05) is 55.4 Å². The summed E-state index contributed by atoms with van der Waals surface area (Å²) in [4.78, 5) is 0. The molecule has 128 valence electrons. The molecule has 0 aromatic rings. The van der Waals surface area contributed by atoms with Gasteiger partial charge in [-0.2, -0.15) is 34.1 Å². The lowest BCUT2D eigenvalue weighted by molar-refractivity contribution is 0.301. The molecule has 21 heavy (non-hydrogen) atoms. The molecule has 0 aromatic carbocycles. The van der Waals surface area contributed by atoms with E-state index >= 15 is 0 Å². The molecule has 0 rings (SSSR count). The summed E-state index contributed by atoms with van der Waals surface area (Å²) >= 11 is 0. The van der Waals surface area contributed by atoms with E-state index in [1.807, 2.05) is 6.92 Å². The first-order valence-electron chi connectivity index (χ1n) is 6.64. The van der Waals surface area contributed by atoms with Crippen molar-refractivity contribution >= 4 is 20.4 Å². The molecule has 0 amide bonds. The molecule has 0 aliphatic rings. The molecule has 0 fully saturated rings. The van der Waals surface area contributed by atoms with Crippen LogP contribution in [0.5, 0.6) is 0 Å². The number of hydrogen-bond donors (Lipinski definition) is 0. The molecule has 0 atom stereocenters. The van der Waals surface area contributed by atoms with Crippen LogP contribution in [-0.2, 0) is 20.4 Å². The van der Waals surface area contributed by atoms with Gasteiger partial charge in [-0.15, -0.1) is 0 Å². The molecule has 0 radical (unpaired) electrons. The average molecular weight is 345 g/mol. The molecule has 0 aliphatic heterocycles. The minimum Gasteiger partial charge on any atom is -0.195 e. The van der Waals surface area contributed by atoms with Crippen molar-refractivity contribution in [2.75, 3.05) is 55.4 Å². The standard InChI is InChI=1S/C11H28N4O4S2/c1-8-11(9-14(6)20(16,17)12(2)3)10-15(7)21(18,19)13(4)5/h11H,8-10H2,1-7H3. The van der Waals surface area contributed by atoms with Gasteiger partial charge in [0.1, 0.15) is 0 Å². The Balaban J connectivity index is 4.92. The van der Waals surface area contributed by atoms with E-state index in [2.05, 4.69) is 0 Å². The first kappa shape index (κ1) is 20.7. The third-order valence-electron chi connectivity index (χ3n) is 3.32. The Morgan fingerprint density at radius 1 is 0.714 bits per heavy atom. The molecule has 0 aliphatic carbocycles. The van der Waals surface area contributed by atoms with Crippen LogP contribution < -0.4 is 0 Å². The second-order valence-electron chi connectivity index (χ2n) is 5.42. The summed E-state index contributed by atoms with van der Waals surface area (Å²) in [5, 5.41) is 0. The SMILES string of the molecule is CCC(CN(C)S(=O)(=O)N(C)C)CN(C)S(=O)(=O)N(C)C. The normalized spacial score (nSPS) is 14.1. The minimum atomic E-state index is -3.48. The number of hydrogen-bond acceptors (Lipinski definition) is 4. The smallest absolute Gasteiger partial charge is 0.195 e. The topological polar surface area (TPSA) is 81.2 Å². The van der Waals surface area contributed by atoms with E-state index < -0.39 is 20.4 Å². The Bertz CT molecular complexity index is 470. The lowest BCUT2D eigenvalue weighted by Gasteiger charge is -2.29. The molecule has 0 spiro atoms. The summed E-state index contributed by atoms with van der Waals surface area (Å²) in [5.41, 5.74) is 0. The molecule has 0 unspecified atom stereocenters. The van der Waals surface area contributed by atoms with Gasteiger partial charge in [0.25, 0.3) is 20.4 Å². The monoisotopic (exact) mass is 344 g/mol. The summed E-state index contributed by atoms with van der Waals surface area (Å²) in [6.07, 6.45) is 0.681. The third-order valence-corrected chi connectivity index (χ3v) is 7.04. The lowest BCUT2D eigenvalue weighted by atomic mass is 10.1. The van der Waals surface area contributed by atoms with E-state index in [9.17, 15) is 16.8 Å². The maximum atomic E-state index is 12.0. The van der Waals surface area contributed by atoms with Crippen LogP contribution in [0.4, 0.5) is 0 Å². The molecule has 0 bridgehead atoms. The number of rotatable bonds is 9. The molecule has 0 N–H and O–H groups in total. The van der Waals surface area contributed by atoms with Crippen LogP contribution in [-0.4, -0.2) is 89.4 Å². The molecule has 0 heterocycles. The fourth-order valence-corrected chi connectivity index (χ4v) is 3.70. The van der Waals surface area contributed by atoms with Gasteiger partial charge in [0.15, 0.2) is 0 Å². The second-order valence-corrected chi connectivity index (χ2v) is 9.91. The maximum Gasteiger partial charge on any atom is 0.281 e. The van der Waals surface area contributed by atoms with Gasteiger partial charge in [0.05, 0.1) is 0 Å². The fourth-order valence-electron chi connectivity index (χ4n) is 1.79. The molecule has 8 nitrogen and oxygen atoms in total. The van der Waals surface area contributed by atoms with Crippen LogP contribution in [0.15, 0.2) is 0 Å². The Morgan fingerprint density at radius 2 is 1.00 bits per heavy atom. The molecular formula is C11H28N4O4S2. The van der Waals surface area contributed by atoms with E-state index in [-0.39, 0.29) is 19.0 Å². The summed E-state index contributed by atoms with van der Waals surface area (Å²) in [6, 6.07) is 0. The van der Waals surface area contributed by atoms with Crippen molar-refractivity contribution in [1.82, 2.24) is 17.2 Å². The van der Waals surface area contributed by atoms with Crippen molar-refractivity contribution in [2.45, 2.75) is 13.3 Å². The van der Waals surface area contributed by atoms with Crippen LogP contribution in [0.25, 0.3) is 0 Å². The highest BCUT2D eigenvalue weighted by Gasteiger charge is 2.27. The van der Waals surface area contributed by atoms with E-state index in [0.29, 0.717) is 6.42 Å². The highest BCUT2D eigenvalue weighted by molar-refractivity contribution is 7.87. The zero-order valence-corrected chi connectivity index (χ0v) is 15.6. The van der Waals surface area contributed by atoms with Crippen molar-refractivity contribution in [3.63, 3.8) is 0 Å². The fraction of sp³-hybridized carbons (Fsp3) is 1.00. The summed E-state index contributed by atoms with van der Waals surface area (Å²) in [5.74, 6) is -0.0792. The molecule has 0 aromatic heterocycles. The quantitative estimate of drug-likeness (QED) is 0.564. The first-order chi connectivity index (χ1) is 9.37. The summed E-state index contributed by atoms with van der Waals surface area (Å²) in [7, 11) is 1.90. The van der Waals surface area contributed by atoms with Gasteiger partial charge in [-0.05, 0) is 5.92 Å². The zero-order valence-electron chi connectivity index (χ0n) is 13.9. The minimum absolute atomic E-state index is 0.0792. The number of nitrogens with zero attached hydrogens (tertiary/aromatic N) is 4. The Labute approximate surface area is 129 Å². The molecular weight excluding hydrogens is 316 g/mol. The van der Waals surface area contributed by atoms with Gasteiger partial charge in [-0.1, -0.05) is 13.3 Å². The average Bonchev–Trinajstić information content (AvgIpc) is 2.36. The van der Waals surface area contributed by atoms with Gasteiger partial charge in [-0.3, -0.25) is 0 Å². The van der Waals surface area contributed by atoms with Crippen molar-refractivity contribution in [2.24, 2.45) is 5.92 Å². The van der Waals surface area contributed by atoms with Crippen LogP contribution in [0.2, 0.25) is 0 Å². The van der Waals surface area contributed by atoms with E-state index in [1.165, 1.54) is 50.9 Å². The van der Waals surface area contributed by atoms with Crippen LogP contribution in [0.1, 0.15) is 13.3 Å². The van der Waals surface area contributed by atoms with Gasteiger partial charge < -0.3 is 0 Å².